The Bertz CT molecular complexity index is 363. The molecule has 112 valence electrons. The summed E-state index contributed by atoms with van der Waals surface area (Å²) in [5.41, 5.74) is 1.30. The summed E-state index contributed by atoms with van der Waals surface area (Å²) in [7, 11) is 0. The lowest BCUT2D eigenvalue weighted by atomic mass is 10.0. The molecule has 1 aromatic heterocycles. The number of hydrogen-bond acceptors (Lipinski definition) is 4. The van der Waals surface area contributed by atoms with Gasteiger partial charge in [-0.3, -0.25) is 9.88 Å². The van der Waals surface area contributed by atoms with Crippen molar-refractivity contribution in [1.82, 2.24) is 15.2 Å². The second-order valence-electron chi connectivity index (χ2n) is 5.85. The summed E-state index contributed by atoms with van der Waals surface area (Å²) < 4.78 is 0. The number of likely N-dealkylation sites (tertiary alicyclic amines) is 1. The highest BCUT2D eigenvalue weighted by atomic mass is 16.2. The second-order valence-corrected chi connectivity index (χ2v) is 5.85. The standard InChI is InChI=1S/C16H27N3O/c1-14(4-3-11-20)18-16-6-9-19(10-7-16)13-15-5-2-8-17-12-15/h2,5,8,12,14,16,18,20H,3-4,6-7,9-11,13H2,1H3. The number of piperidine rings is 1. The smallest absolute Gasteiger partial charge is 0.0431 e. The summed E-state index contributed by atoms with van der Waals surface area (Å²) >= 11 is 0. The summed E-state index contributed by atoms with van der Waals surface area (Å²) in [6.45, 7) is 5.84. The molecule has 1 aromatic rings. The largest absolute Gasteiger partial charge is 0.396 e. The number of pyridine rings is 1. The Morgan fingerprint density at radius 3 is 2.90 bits per heavy atom. The molecule has 1 fully saturated rings. The van der Waals surface area contributed by atoms with Crippen molar-refractivity contribution >= 4 is 0 Å². The third-order valence-corrected chi connectivity index (χ3v) is 4.03. The average molecular weight is 277 g/mol. The van der Waals surface area contributed by atoms with Crippen LogP contribution in [0, 0.1) is 0 Å². The highest BCUT2D eigenvalue weighted by Gasteiger charge is 2.20. The molecule has 20 heavy (non-hydrogen) atoms. The Kier molecular flexibility index (Phi) is 6.43. The molecule has 1 saturated heterocycles. The van der Waals surface area contributed by atoms with Crippen LogP contribution in [0.2, 0.25) is 0 Å². The third-order valence-electron chi connectivity index (χ3n) is 4.03. The first-order chi connectivity index (χ1) is 9.78. The minimum Gasteiger partial charge on any atom is -0.396 e. The summed E-state index contributed by atoms with van der Waals surface area (Å²) in [6, 6.07) is 5.30. The predicted molar refractivity (Wildman–Crippen MR) is 81.5 cm³/mol. The molecule has 4 nitrogen and oxygen atoms in total. The first kappa shape index (κ1) is 15.4. The van der Waals surface area contributed by atoms with E-state index in [0.717, 1.165) is 32.5 Å². The van der Waals surface area contributed by atoms with Crippen LogP contribution in [0.15, 0.2) is 24.5 Å². The van der Waals surface area contributed by atoms with Gasteiger partial charge in [0.05, 0.1) is 0 Å². The first-order valence-corrected chi connectivity index (χ1v) is 7.76. The van der Waals surface area contributed by atoms with Gasteiger partial charge >= 0.3 is 0 Å². The quantitative estimate of drug-likeness (QED) is 0.798. The van der Waals surface area contributed by atoms with Gasteiger partial charge in [-0.15, -0.1) is 0 Å². The Hall–Kier alpha value is -0.970. The van der Waals surface area contributed by atoms with Gasteiger partial charge in [-0.05, 0) is 57.3 Å². The third kappa shape index (κ3) is 5.19. The number of nitrogens with one attached hydrogen (secondary N) is 1. The molecule has 2 heterocycles. The molecule has 2 rings (SSSR count). The maximum atomic E-state index is 8.86. The Morgan fingerprint density at radius 2 is 2.25 bits per heavy atom. The molecule has 1 aliphatic rings. The van der Waals surface area contributed by atoms with Crippen LogP contribution in [0.25, 0.3) is 0 Å². The molecule has 0 saturated carbocycles. The van der Waals surface area contributed by atoms with Crippen LogP contribution in [-0.2, 0) is 6.54 Å². The molecular formula is C16H27N3O. The first-order valence-electron chi connectivity index (χ1n) is 7.76. The number of hydrogen-bond donors (Lipinski definition) is 2. The molecular weight excluding hydrogens is 250 g/mol. The van der Waals surface area contributed by atoms with Crippen LogP contribution >= 0.6 is 0 Å². The zero-order chi connectivity index (χ0) is 14.2. The van der Waals surface area contributed by atoms with Gasteiger partial charge in [-0.1, -0.05) is 6.07 Å². The highest BCUT2D eigenvalue weighted by Crippen LogP contribution is 2.14. The van der Waals surface area contributed by atoms with Gasteiger partial charge in [0.2, 0.25) is 0 Å². The molecule has 1 atom stereocenters. The van der Waals surface area contributed by atoms with Crippen LogP contribution in [0.1, 0.15) is 38.2 Å². The van der Waals surface area contributed by atoms with Crippen molar-refractivity contribution in [2.45, 2.75) is 51.2 Å². The maximum Gasteiger partial charge on any atom is 0.0431 e. The van der Waals surface area contributed by atoms with E-state index in [9.17, 15) is 0 Å². The topological polar surface area (TPSA) is 48.4 Å². The maximum absolute atomic E-state index is 8.86. The van der Waals surface area contributed by atoms with Gasteiger partial charge in [0.25, 0.3) is 0 Å². The van der Waals surface area contributed by atoms with Crippen LogP contribution in [0.4, 0.5) is 0 Å². The second kappa shape index (κ2) is 8.35. The average Bonchev–Trinajstić information content (AvgIpc) is 2.48. The van der Waals surface area contributed by atoms with E-state index in [2.05, 4.69) is 28.2 Å². The van der Waals surface area contributed by atoms with E-state index >= 15 is 0 Å². The number of aromatic nitrogens is 1. The van der Waals surface area contributed by atoms with Gasteiger partial charge in [0, 0.05) is 37.6 Å². The lowest BCUT2D eigenvalue weighted by Crippen LogP contribution is -2.45. The van der Waals surface area contributed by atoms with Crippen LogP contribution in [0.5, 0.6) is 0 Å². The van der Waals surface area contributed by atoms with Crippen LogP contribution in [-0.4, -0.2) is 46.8 Å². The van der Waals surface area contributed by atoms with Gasteiger partial charge < -0.3 is 10.4 Å². The predicted octanol–water partition coefficient (Wildman–Crippen LogP) is 1.80. The van der Waals surface area contributed by atoms with E-state index in [1.165, 1.54) is 18.4 Å². The lowest BCUT2D eigenvalue weighted by Gasteiger charge is -2.34. The number of nitrogens with zero attached hydrogens (tertiary/aromatic N) is 2. The zero-order valence-electron chi connectivity index (χ0n) is 12.5. The Labute approximate surface area is 122 Å². The minimum absolute atomic E-state index is 0.301. The van der Waals surface area contributed by atoms with E-state index in [1.54, 1.807) is 0 Å². The number of rotatable bonds is 7. The highest BCUT2D eigenvalue weighted by molar-refractivity contribution is 5.08. The normalized spacial score (nSPS) is 19.1. The van der Waals surface area contributed by atoms with Crippen LogP contribution in [0.3, 0.4) is 0 Å². The Morgan fingerprint density at radius 1 is 1.45 bits per heavy atom. The lowest BCUT2D eigenvalue weighted by molar-refractivity contribution is 0.182. The molecule has 1 unspecified atom stereocenters. The molecule has 0 spiro atoms. The minimum atomic E-state index is 0.301. The van der Waals surface area contributed by atoms with E-state index in [-0.39, 0.29) is 0 Å². The molecule has 4 heteroatoms. The molecule has 0 amide bonds. The molecule has 0 radical (unpaired) electrons. The SMILES string of the molecule is CC(CCCO)NC1CCN(Cc2cccnc2)CC1. The Balaban J connectivity index is 1.67. The fourth-order valence-electron chi connectivity index (χ4n) is 2.89. The van der Waals surface area contributed by atoms with E-state index in [1.807, 2.05) is 18.5 Å². The van der Waals surface area contributed by atoms with E-state index in [0.29, 0.717) is 18.7 Å². The fraction of sp³-hybridized carbons (Fsp3) is 0.688. The summed E-state index contributed by atoms with van der Waals surface area (Å²) in [5, 5.41) is 12.5. The molecule has 2 N–H and O–H groups in total. The van der Waals surface area contributed by atoms with Crippen molar-refractivity contribution in [2.24, 2.45) is 0 Å². The van der Waals surface area contributed by atoms with Crippen molar-refractivity contribution in [3.05, 3.63) is 30.1 Å². The summed E-state index contributed by atoms with van der Waals surface area (Å²) in [5.74, 6) is 0. The number of aliphatic hydroxyl groups excluding tert-OH is 1. The summed E-state index contributed by atoms with van der Waals surface area (Å²) in [6.07, 6.45) is 8.17. The van der Waals surface area contributed by atoms with Gasteiger partial charge in [-0.2, -0.15) is 0 Å². The molecule has 1 aliphatic heterocycles. The zero-order valence-corrected chi connectivity index (χ0v) is 12.5. The van der Waals surface area contributed by atoms with Gasteiger partial charge in [-0.25, -0.2) is 0 Å². The van der Waals surface area contributed by atoms with E-state index < -0.39 is 0 Å². The van der Waals surface area contributed by atoms with Gasteiger partial charge in [0.15, 0.2) is 0 Å². The number of aliphatic hydroxyl groups is 1. The van der Waals surface area contributed by atoms with Crippen molar-refractivity contribution < 1.29 is 5.11 Å². The fourth-order valence-corrected chi connectivity index (χ4v) is 2.89. The van der Waals surface area contributed by atoms with Crippen molar-refractivity contribution in [2.75, 3.05) is 19.7 Å². The van der Waals surface area contributed by atoms with E-state index in [4.69, 9.17) is 5.11 Å². The monoisotopic (exact) mass is 277 g/mol. The molecule has 0 aromatic carbocycles. The van der Waals surface area contributed by atoms with Crippen molar-refractivity contribution in [3.63, 3.8) is 0 Å². The molecule has 0 aliphatic carbocycles. The molecule has 0 bridgehead atoms. The van der Waals surface area contributed by atoms with Gasteiger partial charge in [0.1, 0.15) is 0 Å². The summed E-state index contributed by atoms with van der Waals surface area (Å²) in [4.78, 5) is 6.68. The van der Waals surface area contributed by atoms with Crippen molar-refractivity contribution in [1.29, 1.82) is 0 Å². The van der Waals surface area contributed by atoms with Crippen LogP contribution < -0.4 is 5.32 Å². The van der Waals surface area contributed by atoms with Crippen molar-refractivity contribution in [3.8, 4) is 0 Å².